The SMILES string of the molecule is Cc1ccc2nc(NC(=O)[C@H]3CCCC[C@H]3C(=O)O)sc2c1. The second kappa shape index (κ2) is 6.04. The second-order valence-corrected chi connectivity index (χ2v) is 6.85. The number of hydrogen-bond acceptors (Lipinski definition) is 4. The van der Waals surface area contributed by atoms with Gasteiger partial charge in [0.1, 0.15) is 0 Å². The van der Waals surface area contributed by atoms with E-state index in [2.05, 4.69) is 10.3 Å². The van der Waals surface area contributed by atoms with Gasteiger partial charge < -0.3 is 10.4 Å². The van der Waals surface area contributed by atoms with Gasteiger partial charge in [-0.15, -0.1) is 0 Å². The van der Waals surface area contributed by atoms with Gasteiger partial charge in [-0.05, 0) is 37.5 Å². The van der Waals surface area contributed by atoms with Gasteiger partial charge in [-0.2, -0.15) is 0 Å². The lowest BCUT2D eigenvalue weighted by Crippen LogP contribution is -2.36. The van der Waals surface area contributed by atoms with Crippen LogP contribution in [0, 0.1) is 18.8 Å². The van der Waals surface area contributed by atoms with Crippen LogP contribution in [0.4, 0.5) is 5.13 Å². The molecular weight excluding hydrogens is 300 g/mol. The number of aryl methyl sites for hydroxylation is 1. The summed E-state index contributed by atoms with van der Waals surface area (Å²) in [6.07, 6.45) is 2.99. The number of carbonyl (C=O) groups is 2. The minimum atomic E-state index is -0.875. The van der Waals surface area contributed by atoms with E-state index in [1.165, 1.54) is 11.3 Å². The van der Waals surface area contributed by atoms with Gasteiger partial charge in [0.05, 0.1) is 22.1 Å². The molecule has 1 heterocycles. The van der Waals surface area contributed by atoms with Crippen molar-refractivity contribution < 1.29 is 14.7 Å². The first-order valence-electron chi connectivity index (χ1n) is 7.45. The van der Waals surface area contributed by atoms with Gasteiger partial charge in [0.15, 0.2) is 5.13 Å². The Balaban J connectivity index is 1.78. The van der Waals surface area contributed by atoms with Crippen molar-refractivity contribution in [1.82, 2.24) is 4.98 Å². The number of carbonyl (C=O) groups excluding carboxylic acids is 1. The normalized spacial score (nSPS) is 21.7. The highest BCUT2D eigenvalue weighted by molar-refractivity contribution is 7.22. The van der Waals surface area contributed by atoms with Crippen LogP contribution in [-0.4, -0.2) is 22.0 Å². The number of thiazole rings is 1. The Morgan fingerprint density at radius 2 is 2.00 bits per heavy atom. The zero-order chi connectivity index (χ0) is 15.7. The Kier molecular flexibility index (Phi) is 4.11. The fourth-order valence-corrected chi connectivity index (χ4v) is 3.99. The number of aliphatic carboxylic acids is 1. The molecule has 3 rings (SSSR count). The number of rotatable bonds is 3. The Labute approximate surface area is 132 Å². The molecule has 0 bridgehead atoms. The average molecular weight is 318 g/mol. The van der Waals surface area contributed by atoms with Gasteiger partial charge in [0.25, 0.3) is 0 Å². The quantitative estimate of drug-likeness (QED) is 0.908. The molecule has 1 aromatic heterocycles. The molecule has 2 atom stereocenters. The van der Waals surface area contributed by atoms with Crippen molar-refractivity contribution in [2.75, 3.05) is 5.32 Å². The van der Waals surface area contributed by atoms with E-state index >= 15 is 0 Å². The molecule has 2 aromatic rings. The molecule has 1 fully saturated rings. The van der Waals surface area contributed by atoms with Crippen LogP contribution in [0.15, 0.2) is 18.2 Å². The highest BCUT2D eigenvalue weighted by atomic mass is 32.1. The van der Waals surface area contributed by atoms with E-state index in [1.807, 2.05) is 25.1 Å². The van der Waals surface area contributed by atoms with Crippen molar-refractivity contribution >= 4 is 38.6 Å². The Morgan fingerprint density at radius 3 is 2.73 bits per heavy atom. The Hall–Kier alpha value is -1.95. The topological polar surface area (TPSA) is 79.3 Å². The largest absolute Gasteiger partial charge is 0.481 e. The van der Waals surface area contributed by atoms with Crippen molar-refractivity contribution in [3.63, 3.8) is 0 Å². The lowest BCUT2D eigenvalue weighted by atomic mass is 9.79. The lowest BCUT2D eigenvalue weighted by Gasteiger charge is -2.26. The lowest BCUT2D eigenvalue weighted by molar-refractivity contribution is -0.147. The molecule has 0 saturated heterocycles. The predicted octanol–water partition coefficient (Wildman–Crippen LogP) is 3.43. The maximum Gasteiger partial charge on any atom is 0.307 e. The van der Waals surface area contributed by atoms with E-state index in [0.29, 0.717) is 18.0 Å². The molecule has 5 nitrogen and oxygen atoms in total. The maximum absolute atomic E-state index is 12.4. The van der Waals surface area contributed by atoms with Crippen LogP contribution < -0.4 is 5.32 Å². The number of carboxylic acid groups (broad SMARTS) is 1. The van der Waals surface area contributed by atoms with E-state index in [-0.39, 0.29) is 5.91 Å². The summed E-state index contributed by atoms with van der Waals surface area (Å²) in [5.74, 6) is -2.13. The standard InChI is InChI=1S/C16H18N2O3S/c1-9-6-7-12-13(8-9)22-16(17-12)18-14(19)10-4-2-3-5-11(10)15(20)21/h6-8,10-11H,2-5H2,1H3,(H,20,21)(H,17,18,19)/t10-,11+/m0/s1. The van der Waals surface area contributed by atoms with Crippen molar-refractivity contribution in [3.05, 3.63) is 23.8 Å². The summed E-state index contributed by atoms with van der Waals surface area (Å²) in [4.78, 5) is 28.1. The molecule has 1 amide bonds. The molecule has 0 unspecified atom stereocenters. The molecule has 1 aliphatic carbocycles. The van der Waals surface area contributed by atoms with Crippen molar-refractivity contribution in [2.45, 2.75) is 32.6 Å². The number of hydrogen-bond donors (Lipinski definition) is 2. The zero-order valence-electron chi connectivity index (χ0n) is 12.3. The maximum atomic E-state index is 12.4. The molecule has 1 aliphatic rings. The van der Waals surface area contributed by atoms with Crippen LogP contribution in [0.1, 0.15) is 31.2 Å². The third-order valence-electron chi connectivity index (χ3n) is 4.19. The monoisotopic (exact) mass is 318 g/mol. The number of anilines is 1. The van der Waals surface area contributed by atoms with Crippen molar-refractivity contribution in [3.8, 4) is 0 Å². The van der Waals surface area contributed by atoms with Gasteiger partial charge in [-0.25, -0.2) is 4.98 Å². The Bertz CT molecular complexity index is 725. The van der Waals surface area contributed by atoms with Gasteiger partial charge in [0, 0.05) is 0 Å². The first-order valence-corrected chi connectivity index (χ1v) is 8.27. The van der Waals surface area contributed by atoms with Crippen LogP contribution in [-0.2, 0) is 9.59 Å². The molecule has 0 spiro atoms. The minimum absolute atomic E-state index is 0.220. The summed E-state index contributed by atoms with van der Waals surface area (Å²) in [6.45, 7) is 2.01. The van der Waals surface area contributed by atoms with Gasteiger partial charge >= 0.3 is 5.97 Å². The molecule has 22 heavy (non-hydrogen) atoms. The first-order chi connectivity index (χ1) is 10.5. The van der Waals surface area contributed by atoms with E-state index in [1.54, 1.807) is 0 Å². The molecule has 0 radical (unpaired) electrons. The number of aromatic nitrogens is 1. The fraction of sp³-hybridized carbons (Fsp3) is 0.438. The third-order valence-corrected chi connectivity index (χ3v) is 5.13. The van der Waals surface area contributed by atoms with E-state index < -0.39 is 17.8 Å². The number of nitrogens with one attached hydrogen (secondary N) is 1. The molecule has 1 saturated carbocycles. The fourth-order valence-electron chi connectivity index (χ4n) is 3.02. The summed E-state index contributed by atoms with van der Waals surface area (Å²) in [7, 11) is 0. The molecule has 2 N–H and O–H groups in total. The van der Waals surface area contributed by atoms with Crippen LogP contribution >= 0.6 is 11.3 Å². The van der Waals surface area contributed by atoms with Crippen LogP contribution in [0.2, 0.25) is 0 Å². The Morgan fingerprint density at radius 1 is 1.27 bits per heavy atom. The van der Waals surface area contributed by atoms with E-state index in [9.17, 15) is 14.7 Å². The molecule has 6 heteroatoms. The number of benzene rings is 1. The van der Waals surface area contributed by atoms with Crippen LogP contribution in [0.25, 0.3) is 10.2 Å². The average Bonchev–Trinajstić information content (AvgIpc) is 2.88. The number of nitrogens with zero attached hydrogens (tertiary/aromatic N) is 1. The summed E-state index contributed by atoms with van der Waals surface area (Å²) in [5.41, 5.74) is 2.00. The van der Waals surface area contributed by atoms with E-state index in [0.717, 1.165) is 28.6 Å². The number of carboxylic acids is 1. The molecule has 116 valence electrons. The first kappa shape index (κ1) is 15.0. The summed E-state index contributed by atoms with van der Waals surface area (Å²) >= 11 is 1.42. The highest BCUT2D eigenvalue weighted by Crippen LogP contribution is 2.32. The third kappa shape index (κ3) is 2.97. The molecular formula is C16H18N2O3S. The number of amides is 1. The minimum Gasteiger partial charge on any atom is -0.481 e. The van der Waals surface area contributed by atoms with Gasteiger partial charge in [-0.1, -0.05) is 30.2 Å². The van der Waals surface area contributed by atoms with E-state index in [4.69, 9.17) is 0 Å². The number of fused-ring (bicyclic) bond motifs is 1. The molecule has 1 aromatic carbocycles. The van der Waals surface area contributed by atoms with Crippen LogP contribution in [0.3, 0.4) is 0 Å². The summed E-state index contributed by atoms with van der Waals surface area (Å²) in [6, 6.07) is 5.94. The van der Waals surface area contributed by atoms with Crippen molar-refractivity contribution in [2.24, 2.45) is 11.8 Å². The summed E-state index contributed by atoms with van der Waals surface area (Å²) < 4.78 is 1.02. The van der Waals surface area contributed by atoms with Crippen molar-refractivity contribution in [1.29, 1.82) is 0 Å². The second-order valence-electron chi connectivity index (χ2n) is 5.82. The smallest absolute Gasteiger partial charge is 0.307 e. The zero-order valence-corrected chi connectivity index (χ0v) is 13.2. The highest BCUT2D eigenvalue weighted by Gasteiger charge is 2.35. The van der Waals surface area contributed by atoms with Crippen LogP contribution in [0.5, 0.6) is 0 Å². The summed E-state index contributed by atoms with van der Waals surface area (Å²) in [5, 5.41) is 12.6. The van der Waals surface area contributed by atoms with Gasteiger partial charge in [0.2, 0.25) is 5.91 Å². The van der Waals surface area contributed by atoms with Gasteiger partial charge in [-0.3, -0.25) is 9.59 Å². The molecule has 0 aliphatic heterocycles. The predicted molar refractivity (Wildman–Crippen MR) is 86.1 cm³/mol.